The Morgan fingerprint density at radius 1 is 1.05 bits per heavy atom. The number of anilines is 1. The number of carbonyl (C=O) groups excluding carboxylic acids is 1. The highest BCUT2D eigenvalue weighted by atomic mass is 19.1. The number of benzene rings is 2. The van der Waals surface area contributed by atoms with Crippen LogP contribution in [-0.2, 0) is 0 Å². The number of methoxy groups -OCH3 is 2. The molecule has 2 N–H and O–H groups in total. The molecule has 0 fully saturated rings. The molecule has 6 heteroatoms. The monoisotopic (exact) mass is 293 g/mol. The quantitative estimate of drug-likeness (QED) is 0.695. The summed E-state index contributed by atoms with van der Waals surface area (Å²) < 4.78 is 37.7. The zero-order valence-corrected chi connectivity index (χ0v) is 11.4. The van der Waals surface area contributed by atoms with Crippen molar-refractivity contribution in [3.05, 3.63) is 53.1 Å². The lowest BCUT2D eigenvalue weighted by Crippen LogP contribution is -2.10. The van der Waals surface area contributed by atoms with Gasteiger partial charge in [-0.25, -0.2) is 8.78 Å². The van der Waals surface area contributed by atoms with E-state index >= 15 is 0 Å². The molecular formula is C15H13F2NO3. The van der Waals surface area contributed by atoms with Gasteiger partial charge in [0, 0.05) is 23.9 Å². The van der Waals surface area contributed by atoms with Crippen molar-refractivity contribution in [1.82, 2.24) is 0 Å². The Morgan fingerprint density at radius 2 is 1.67 bits per heavy atom. The van der Waals surface area contributed by atoms with Crippen LogP contribution >= 0.6 is 0 Å². The van der Waals surface area contributed by atoms with Crippen LogP contribution in [0.25, 0.3) is 0 Å². The lowest BCUT2D eigenvalue weighted by atomic mass is 10.0. The number of ketones is 1. The third kappa shape index (κ3) is 2.79. The van der Waals surface area contributed by atoms with Crippen molar-refractivity contribution in [3.8, 4) is 11.5 Å². The van der Waals surface area contributed by atoms with Crippen LogP contribution in [0.5, 0.6) is 11.5 Å². The van der Waals surface area contributed by atoms with Gasteiger partial charge in [0.2, 0.25) is 5.78 Å². The molecular weight excluding hydrogens is 280 g/mol. The maximum absolute atomic E-state index is 13.9. The number of hydrogen-bond acceptors (Lipinski definition) is 4. The fraction of sp³-hybridized carbons (Fsp3) is 0.133. The molecule has 21 heavy (non-hydrogen) atoms. The molecule has 0 spiro atoms. The first-order valence-corrected chi connectivity index (χ1v) is 5.99. The zero-order chi connectivity index (χ0) is 15.6. The molecule has 0 unspecified atom stereocenters. The van der Waals surface area contributed by atoms with E-state index in [-0.39, 0.29) is 17.1 Å². The molecule has 0 saturated heterocycles. The molecule has 2 aromatic carbocycles. The second-order valence-corrected chi connectivity index (χ2v) is 4.25. The van der Waals surface area contributed by atoms with Gasteiger partial charge < -0.3 is 15.2 Å². The van der Waals surface area contributed by atoms with Gasteiger partial charge in [0.25, 0.3) is 0 Å². The van der Waals surface area contributed by atoms with Crippen LogP contribution in [0.1, 0.15) is 15.9 Å². The van der Waals surface area contributed by atoms with Crippen LogP contribution in [0.15, 0.2) is 30.3 Å². The number of rotatable bonds is 4. The Kier molecular flexibility index (Phi) is 4.07. The molecule has 0 radical (unpaired) electrons. The van der Waals surface area contributed by atoms with Crippen molar-refractivity contribution in [1.29, 1.82) is 0 Å². The van der Waals surface area contributed by atoms with E-state index in [9.17, 15) is 13.6 Å². The Morgan fingerprint density at radius 3 is 2.19 bits per heavy atom. The number of carbonyl (C=O) groups is 1. The Labute approximate surface area is 120 Å². The number of ether oxygens (including phenoxy) is 2. The molecule has 4 nitrogen and oxygen atoms in total. The third-order valence-corrected chi connectivity index (χ3v) is 2.95. The molecule has 2 rings (SSSR count). The van der Waals surface area contributed by atoms with Crippen molar-refractivity contribution in [2.75, 3.05) is 20.0 Å². The van der Waals surface area contributed by atoms with Crippen molar-refractivity contribution >= 4 is 11.5 Å². The molecule has 0 amide bonds. The first-order chi connectivity index (χ1) is 9.97. The largest absolute Gasteiger partial charge is 0.497 e. The SMILES string of the molecule is COc1cc(F)c(C(=O)c2ccc(N)cc2OC)c(F)c1. The normalized spacial score (nSPS) is 10.3. The topological polar surface area (TPSA) is 61.5 Å². The Bertz CT molecular complexity index is 678. The maximum atomic E-state index is 13.9. The summed E-state index contributed by atoms with van der Waals surface area (Å²) >= 11 is 0. The Hall–Kier alpha value is -2.63. The minimum Gasteiger partial charge on any atom is -0.497 e. The number of nitrogen functional groups attached to an aromatic ring is 1. The number of nitrogens with two attached hydrogens (primary N) is 1. The molecule has 0 aliphatic rings. The molecule has 0 aromatic heterocycles. The average Bonchev–Trinajstić information content (AvgIpc) is 2.45. The first-order valence-electron chi connectivity index (χ1n) is 5.99. The Balaban J connectivity index is 2.55. The third-order valence-electron chi connectivity index (χ3n) is 2.95. The smallest absolute Gasteiger partial charge is 0.202 e. The molecule has 0 heterocycles. The van der Waals surface area contributed by atoms with Crippen LogP contribution < -0.4 is 15.2 Å². The second kappa shape index (κ2) is 5.78. The van der Waals surface area contributed by atoms with Gasteiger partial charge in [-0.15, -0.1) is 0 Å². The predicted molar refractivity (Wildman–Crippen MR) is 73.7 cm³/mol. The summed E-state index contributed by atoms with van der Waals surface area (Å²) in [5.41, 5.74) is 5.31. The van der Waals surface area contributed by atoms with Gasteiger partial charge in [-0.3, -0.25) is 4.79 Å². The first kappa shape index (κ1) is 14.8. The highest BCUT2D eigenvalue weighted by molar-refractivity contribution is 6.11. The van der Waals surface area contributed by atoms with Gasteiger partial charge in [-0.2, -0.15) is 0 Å². The molecule has 0 aliphatic heterocycles. The highest BCUT2D eigenvalue weighted by Crippen LogP contribution is 2.28. The van der Waals surface area contributed by atoms with E-state index in [1.165, 1.54) is 32.4 Å². The van der Waals surface area contributed by atoms with Crippen molar-refractivity contribution in [2.24, 2.45) is 0 Å². The van der Waals surface area contributed by atoms with Crippen molar-refractivity contribution in [2.45, 2.75) is 0 Å². The fourth-order valence-electron chi connectivity index (χ4n) is 1.91. The van der Waals surface area contributed by atoms with Gasteiger partial charge in [0.1, 0.15) is 23.1 Å². The summed E-state index contributed by atoms with van der Waals surface area (Å²) in [6.07, 6.45) is 0. The van der Waals surface area contributed by atoms with E-state index in [0.29, 0.717) is 5.69 Å². The van der Waals surface area contributed by atoms with Gasteiger partial charge in [0.15, 0.2) is 0 Å². The molecule has 0 saturated carbocycles. The lowest BCUT2D eigenvalue weighted by molar-refractivity contribution is 0.102. The summed E-state index contributed by atoms with van der Waals surface area (Å²) in [4.78, 5) is 12.3. The standard InChI is InChI=1S/C15H13F2NO3/c1-20-9-6-11(16)14(12(17)7-9)15(19)10-4-3-8(18)5-13(10)21-2/h3-7H,18H2,1-2H3. The molecule has 0 bridgehead atoms. The molecule has 0 atom stereocenters. The van der Waals surface area contributed by atoms with Gasteiger partial charge in [-0.05, 0) is 12.1 Å². The zero-order valence-electron chi connectivity index (χ0n) is 11.4. The van der Waals surface area contributed by atoms with Gasteiger partial charge >= 0.3 is 0 Å². The van der Waals surface area contributed by atoms with E-state index < -0.39 is 23.0 Å². The van der Waals surface area contributed by atoms with Gasteiger partial charge in [0.05, 0.1) is 25.3 Å². The number of hydrogen-bond donors (Lipinski definition) is 1. The fourth-order valence-corrected chi connectivity index (χ4v) is 1.91. The summed E-state index contributed by atoms with van der Waals surface area (Å²) in [6.45, 7) is 0. The van der Waals surface area contributed by atoms with Crippen LogP contribution in [0.4, 0.5) is 14.5 Å². The van der Waals surface area contributed by atoms with Crippen LogP contribution in [0.3, 0.4) is 0 Å². The summed E-state index contributed by atoms with van der Waals surface area (Å²) in [5, 5.41) is 0. The lowest BCUT2D eigenvalue weighted by Gasteiger charge is -2.10. The maximum Gasteiger partial charge on any atom is 0.202 e. The summed E-state index contributed by atoms with van der Waals surface area (Å²) in [5.74, 6) is -2.70. The molecule has 2 aromatic rings. The minimum atomic E-state index is -1.00. The molecule has 110 valence electrons. The van der Waals surface area contributed by atoms with Crippen molar-refractivity contribution in [3.63, 3.8) is 0 Å². The summed E-state index contributed by atoms with van der Waals surface area (Å²) in [6, 6.07) is 6.11. The van der Waals surface area contributed by atoms with E-state index in [1.807, 2.05) is 0 Å². The van der Waals surface area contributed by atoms with Crippen molar-refractivity contribution < 1.29 is 23.0 Å². The minimum absolute atomic E-state index is 0.00850. The van der Waals surface area contributed by atoms with E-state index in [4.69, 9.17) is 15.2 Å². The van der Waals surface area contributed by atoms with E-state index in [0.717, 1.165) is 12.1 Å². The average molecular weight is 293 g/mol. The summed E-state index contributed by atoms with van der Waals surface area (Å²) in [7, 11) is 2.62. The van der Waals surface area contributed by atoms with E-state index in [2.05, 4.69) is 0 Å². The van der Waals surface area contributed by atoms with E-state index in [1.54, 1.807) is 0 Å². The van der Waals surface area contributed by atoms with Crippen LogP contribution in [0, 0.1) is 11.6 Å². The highest BCUT2D eigenvalue weighted by Gasteiger charge is 2.23. The van der Waals surface area contributed by atoms with Gasteiger partial charge in [-0.1, -0.05) is 0 Å². The van der Waals surface area contributed by atoms with Crippen LogP contribution in [-0.4, -0.2) is 20.0 Å². The number of halogens is 2. The molecule has 0 aliphatic carbocycles. The second-order valence-electron chi connectivity index (χ2n) is 4.25. The van der Waals surface area contributed by atoms with Crippen LogP contribution in [0.2, 0.25) is 0 Å². The predicted octanol–water partition coefficient (Wildman–Crippen LogP) is 2.80.